The summed E-state index contributed by atoms with van der Waals surface area (Å²) in [6, 6.07) is 0.109. The van der Waals surface area contributed by atoms with Crippen molar-refractivity contribution >= 4 is 28.2 Å². The van der Waals surface area contributed by atoms with Gasteiger partial charge < -0.3 is 16.0 Å². The first kappa shape index (κ1) is 13.1. The van der Waals surface area contributed by atoms with Gasteiger partial charge in [-0.05, 0) is 33.1 Å². The summed E-state index contributed by atoms with van der Waals surface area (Å²) in [4.78, 5) is 19.0. The molecule has 3 N–H and O–H groups in total. The molecule has 0 saturated carbocycles. The Morgan fingerprint density at radius 2 is 2.06 bits per heavy atom. The highest BCUT2D eigenvalue weighted by atomic mass is 32.1. The van der Waals surface area contributed by atoms with Gasteiger partial charge in [-0.25, -0.2) is 4.98 Å². The fourth-order valence-corrected chi connectivity index (χ4v) is 2.97. The van der Waals surface area contributed by atoms with Crippen LogP contribution in [0, 0.1) is 0 Å². The van der Waals surface area contributed by atoms with Crippen molar-refractivity contribution in [2.45, 2.75) is 39.2 Å². The van der Waals surface area contributed by atoms with Gasteiger partial charge in [0.15, 0.2) is 5.13 Å². The van der Waals surface area contributed by atoms with E-state index in [0.717, 1.165) is 18.2 Å². The maximum Gasteiger partial charge on any atom is 0.265 e. The van der Waals surface area contributed by atoms with Crippen molar-refractivity contribution < 1.29 is 4.79 Å². The molecule has 1 aliphatic heterocycles. The van der Waals surface area contributed by atoms with Crippen LogP contribution in [0.3, 0.4) is 0 Å². The van der Waals surface area contributed by atoms with Crippen molar-refractivity contribution in [3.63, 3.8) is 0 Å². The van der Waals surface area contributed by atoms with Crippen molar-refractivity contribution in [2.24, 2.45) is 0 Å². The van der Waals surface area contributed by atoms with E-state index in [9.17, 15) is 4.79 Å². The molecule has 0 aromatic carbocycles. The number of thiazole rings is 1. The van der Waals surface area contributed by atoms with Crippen molar-refractivity contribution in [3.05, 3.63) is 4.88 Å². The van der Waals surface area contributed by atoms with Gasteiger partial charge in [-0.3, -0.25) is 4.79 Å². The molecule has 1 aromatic heterocycles. The van der Waals surface area contributed by atoms with Crippen LogP contribution in [0.1, 0.15) is 42.8 Å². The Hall–Kier alpha value is -1.30. The van der Waals surface area contributed by atoms with Crippen LogP contribution < -0.4 is 16.0 Å². The highest BCUT2D eigenvalue weighted by Gasteiger charge is 2.21. The SMILES string of the molecule is CC(C)NC(=O)c1sc(N2CCCCC2)nc1N. The molecule has 0 spiro atoms. The first-order valence-corrected chi connectivity index (χ1v) is 7.21. The number of hydrogen-bond acceptors (Lipinski definition) is 5. The second-order valence-corrected chi connectivity index (χ2v) is 5.86. The van der Waals surface area contributed by atoms with E-state index in [-0.39, 0.29) is 11.9 Å². The molecule has 1 fully saturated rings. The molecule has 0 radical (unpaired) electrons. The fraction of sp³-hybridized carbons (Fsp3) is 0.667. The van der Waals surface area contributed by atoms with Gasteiger partial charge in [0, 0.05) is 19.1 Å². The van der Waals surface area contributed by atoms with Crippen molar-refractivity contribution in [1.82, 2.24) is 10.3 Å². The molecular formula is C12H20N4OS. The fourth-order valence-electron chi connectivity index (χ4n) is 2.03. The standard InChI is InChI=1S/C12H20N4OS/c1-8(2)14-11(17)9-10(13)15-12(18-9)16-6-4-3-5-7-16/h8H,3-7,13H2,1-2H3,(H,14,17). The van der Waals surface area contributed by atoms with Crippen LogP contribution >= 0.6 is 11.3 Å². The maximum absolute atomic E-state index is 11.9. The Kier molecular flexibility index (Phi) is 4.06. The molecule has 6 heteroatoms. The van der Waals surface area contributed by atoms with Gasteiger partial charge in [-0.1, -0.05) is 11.3 Å². The van der Waals surface area contributed by atoms with Crippen molar-refractivity contribution in [2.75, 3.05) is 23.7 Å². The summed E-state index contributed by atoms with van der Waals surface area (Å²) in [5, 5.41) is 3.73. The zero-order valence-electron chi connectivity index (χ0n) is 10.9. The number of aromatic nitrogens is 1. The number of nitrogens with one attached hydrogen (secondary N) is 1. The Labute approximate surface area is 111 Å². The highest BCUT2D eigenvalue weighted by molar-refractivity contribution is 7.18. The van der Waals surface area contributed by atoms with Crippen LogP contribution in [0.4, 0.5) is 10.9 Å². The van der Waals surface area contributed by atoms with Gasteiger partial charge in [0.1, 0.15) is 10.7 Å². The molecule has 1 saturated heterocycles. The molecule has 1 amide bonds. The molecule has 1 aromatic rings. The monoisotopic (exact) mass is 268 g/mol. The van der Waals surface area contributed by atoms with Gasteiger partial charge in [0.2, 0.25) is 0 Å². The van der Waals surface area contributed by atoms with E-state index in [2.05, 4.69) is 15.2 Å². The van der Waals surface area contributed by atoms with E-state index < -0.39 is 0 Å². The number of piperidine rings is 1. The predicted molar refractivity (Wildman–Crippen MR) is 75.2 cm³/mol. The van der Waals surface area contributed by atoms with Gasteiger partial charge in [-0.15, -0.1) is 0 Å². The van der Waals surface area contributed by atoms with E-state index in [1.807, 2.05) is 13.8 Å². The molecule has 2 rings (SSSR count). The third kappa shape index (κ3) is 2.93. The van der Waals surface area contributed by atoms with E-state index >= 15 is 0 Å². The van der Waals surface area contributed by atoms with E-state index in [4.69, 9.17) is 5.73 Å². The number of carbonyl (C=O) groups excluding carboxylic acids is 1. The Bertz CT molecular complexity index is 424. The van der Waals surface area contributed by atoms with Crippen LogP contribution in [-0.4, -0.2) is 30.0 Å². The lowest BCUT2D eigenvalue weighted by atomic mass is 10.1. The number of anilines is 2. The lowest BCUT2D eigenvalue weighted by molar-refractivity contribution is 0.0948. The molecule has 0 atom stereocenters. The van der Waals surface area contributed by atoms with E-state index in [1.54, 1.807) is 0 Å². The maximum atomic E-state index is 11.9. The summed E-state index contributed by atoms with van der Waals surface area (Å²) in [6.07, 6.45) is 3.65. The van der Waals surface area contributed by atoms with E-state index in [1.165, 1.54) is 30.6 Å². The zero-order valence-corrected chi connectivity index (χ0v) is 11.7. The summed E-state index contributed by atoms with van der Waals surface area (Å²) < 4.78 is 0. The third-order valence-electron chi connectivity index (χ3n) is 2.89. The summed E-state index contributed by atoms with van der Waals surface area (Å²) >= 11 is 1.39. The highest BCUT2D eigenvalue weighted by Crippen LogP contribution is 2.29. The second kappa shape index (κ2) is 5.56. The first-order chi connectivity index (χ1) is 8.58. The molecule has 0 bridgehead atoms. The molecule has 1 aliphatic rings. The second-order valence-electron chi connectivity index (χ2n) is 4.89. The minimum atomic E-state index is -0.122. The summed E-state index contributed by atoms with van der Waals surface area (Å²) in [7, 11) is 0. The molecular weight excluding hydrogens is 248 g/mol. The Morgan fingerprint density at radius 3 is 2.67 bits per heavy atom. The summed E-state index contributed by atoms with van der Waals surface area (Å²) in [5.41, 5.74) is 5.84. The average molecular weight is 268 g/mol. The first-order valence-electron chi connectivity index (χ1n) is 6.40. The lowest BCUT2D eigenvalue weighted by Gasteiger charge is -2.25. The van der Waals surface area contributed by atoms with Gasteiger partial charge in [0.25, 0.3) is 5.91 Å². The van der Waals surface area contributed by atoms with Crippen LogP contribution in [0.15, 0.2) is 0 Å². The molecule has 0 unspecified atom stereocenters. The van der Waals surface area contributed by atoms with Crippen molar-refractivity contribution in [1.29, 1.82) is 0 Å². The number of nitrogen functional groups attached to an aromatic ring is 1. The number of amides is 1. The molecule has 100 valence electrons. The Morgan fingerprint density at radius 1 is 1.39 bits per heavy atom. The summed E-state index contributed by atoms with van der Waals surface area (Å²) in [5.74, 6) is 0.224. The largest absolute Gasteiger partial charge is 0.382 e. The summed E-state index contributed by atoms with van der Waals surface area (Å²) in [6.45, 7) is 5.89. The minimum absolute atomic E-state index is 0.109. The van der Waals surface area contributed by atoms with Crippen LogP contribution in [0.5, 0.6) is 0 Å². The average Bonchev–Trinajstić information content (AvgIpc) is 2.72. The molecule has 2 heterocycles. The van der Waals surface area contributed by atoms with Crippen LogP contribution in [0.2, 0.25) is 0 Å². The number of rotatable bonds is 3. The number of nitrogens with zero attached hydrogens (tertiary/aromatic N) is 2. The van der Waals surface area contributed by atoms with Crippen molar-refractivity contribution in [3.8, 4) is 0 Å². The number of hydrogen-bond donors (Lipinski definition) is 2. The number of nitrogens with two attached hydrogens (primary N) is 1. The van der Waals surface area contributed by atoms with Gasteiger partial charge in [-0.2, -0.15) is 0 Å². The lowest BCUT2D eigenvalue weighted by Crippen LogP contribution is -2.30. The quantitative estimate of drug-likeness (QED) is 0.877. The Balaban J connectivity index is 2.13. The smallest absolute Gasteiger partial charge is 0.265 e. The normalized spacial score (nSPS) is 16.1. The van der Waals surface area contributed by atoms with Gasteiger partial charge in [0.05, 0.1) is 0 Å². The van der Waals surface area contributed by atoms with Crippen LogP contribution in [0.25, 0.3) is 0 Å². The molecule has 18 heavy (non-hydrogen) atoms. The predicted octanol–water partition coefficient (Wildman–Crippen LogP) is 1.85. The zero-order chi connectivity index (χ0) is 13.1. The third-order valence-corrected chi connectivity index (χ3v) is 4.03. The number of carbonyl (C=O) groups is 1. The van der Waals surface area contributed by atoms with E-state index in [0.29, 0.717) is 10.7 Å². The molecule has 0 aliphatic carbocycles. The minimum Gasteiger partial charge on any atom is -0.382 e. The molecule has 5 nitrogen and oxygen atoms in total. The van der Waals surface area contributed by atoms with Gasteiger partial charge >= 0.3 is 0 Å². The topological polar surface area (TPSA) is 71.2 Å². The van der Waals surface area contributed by atoms with Crippen LogP contribution in [-0.2, 0) is 0 Å².